The smallest absolute Gasteiger partial charge is 0.328 e. The van der Waals surface area contributed by atoms with E-state index in [0.29, 0.717) is 18.5 Å². The summed E-state index contributed by atoms with van der Waals surface area (Å²) < 4.78 is 33.3. The minimum absolute atomic E-state index is 0.00618. The third-order valence-electron chi connectivity index (χ3n) is 4.95. The first-order chi connectivity index (χ1) is 13.8. The van der Waals surface area contributed by atoms with Crippen molar-refractivity contribution in [2.75, 3.05) is 13.7 Å². The lowest BCUT2D eigenvalue weighted by atomic mass is 9.95. The van der Waals surface area contributed by atoms with Crippen molar-refractivity contribution < 1.29 is 23.1 Å². The fourth-order valence-electron chi connectivity index (χ4n) is 3.60. The summed E-state index contributed by atoms with van der Waals surface area (Å²) in [6.45, 7) is 4.09. The number of hydrogen-bond donors (Lipinski definition) is 2. The van der Waals surface area contributed by atoms with Crippen molar-refractivity contribution in [2.45, 2.75) is 38.8 Å². The molecule has 1 aliphatic rings. The van der Waals surface area contributed by atoms with Crippen LogP contribution in [0.4, 0.5) is 13.6 Å². The van der Waals surface area contributed by atoms with Gasteiger partial charge in [0.05, 0.1) is 19.1 Å². The number of methoxy groups -OCH3 is 1. The van der Waals surface area contributed by atoms with E-state index >= 15 is 0 Å². The van der Waals surface area contributed by atoms with Crippen LogP contribution in [0.2, 0.25) is 0 Å². The van der Waals surface area contributed by atoms with Crippen LogP contribution in [0.3, 0.4) is 0 Å². The second kappa shape index (κ2) is 8.59. The van der Waals surface area contributed by atoms with Gasteiger partial charge in [-0.05, 0) is 18.4 Å². The molecule has 0 bridgehead atoms. The number of ether oxygens (including phenoxy) is 1. The van der Waals surface area contributed by atoms with E-state index in [2.05, 4.69) is 15.3 Å². The number of H-pyrrole nitrogens is 1. The van der Waals surface area contributed by atoms with Crippen molar-refractivity contribution in [1.82, 2.24) is 20.2 Å². The van der Waals surface area contributed by atoms with Crippen LogP contribution in [0.15, 0.2) is 24.5 Å². The second-order valence-electron chi connectivity index (χ2n) is 7.41. The second-order valence-corrected chi connectivity index (χ2v) is 7.41. The fourth-order valence-corrected chi connectivity index (χ4v) is 3.60. The summed E-state index contributed by atoms with van der Waals surface area (Å²) in [5.74, 6) is -2.45. The van der Waals surface area contributed by atoms with Crippen molar-refractivity contribution >= 4 is 12.0 Å². The maximum Gasteiger partial charge on any atom is 0.328 e. The lowest BCUT2D eigenvalue weighted by Crippen LogP contribution is -2.51. The molecule has 0 unspecified atom stereocenters. The highest BCUT2D eigenvalue weighted by Gasteiger charge is 2.37. The van der Waals surface area contributed by atoms with E-state index < -0.39 is 35.7 Å². The first kappa shape index (κ1) is 20.8. The molecule has 1 aromatic carbocycles. The maximum atomic E-state index is 14.6. The topological polar surface area (TPSA) is 87.3 Å². The van der Waals surface area contributed by atoms with Crippen LogP contribution in [0.5, 0.6) is 0 Å². The number of imidazole rings is 1. The lowest BCUT2D eigenvalue weighted by Gasteiger charge is -2.36. The third-order valence-corrected chi connectivity index (χ3v) is 4.95. The van der Waals surface area contributed by atoms with E-state index in [1.807, 2.05) is 13.8 Å². The Hall–Kier alpha value is -2.97. The molecule has 156 valence electrons. The zero-order valence-corrected chi connectivity index (χ0v) is 16.5. The van der Waals surface area contributed by atoms with Gasteiger partial charge in [0, 0.05) is 24.2 Å². The zero-order valence-electron chi connectivity index (χ0n) is 16.5. The molecule has 0 aliphatic carbocycles. The average Bonchev–Trinajstić information content (AvgIpc) is 3.16. The van der Waals surface area contributed by atoms with Crippen LogP contribution in [-0.2, 0) is 16.0 Å². The first-order valence-electron chi connectivity index (χ1n) is 9.44. The van der Waals surface area contributed by atoms with Gasteiger partial charge in [0.15, 0.2) is 11.6 Å². The average molecular weight is 406 g/mol. The molecule has 29 heavy (non-hydrogen) atoms. The highest BCUT2D eigenvalue weighted by molar-refractivity contribution is 5.84. The Morgan fingerprint density at radius 1 is 1.38 bits per heavy atom. The Morgan fingerprint density at radius 2 is 2.14 bits per heavy atom. The molecule has 9 heteroatoms. The molecule has 0 spiro atoms. The molecule has 0 radical (unpaired) electrons. The number of nitrogens with one attached hydrogen (secondary N) is 2. The number of urea groups is 1. The van der Waals surface area contributed by atoms with Gasteiger partial charge in [0.1, 0.15) is 12.1 Å². The number of benzene rings is 1. The molecule has 2 atom stereocenters. The molecule has 3 rings (SSSR count). The number of rotatable bonds is 5. The molecule has 2 aromatic rings. The molecule has 0 saturated carbocycles. The minimum atomic E-state index is -1.03. The summed E-state index contributed by atoms with van der Waals surface area (Å²) in [6, 6.07) is 1.51. The summed E-state index contributed by atoms with van der Waals surface area (Å²) in [6.07, 6.45) is 2.33. The SMILES string of the molecule is COC(=O)[C@H](CC(C)C)NC(=O)N1CCc2[nH]cnc2[C@@H]1c1cccc(F)c1F. The molecule has 2 amide bonds. The highest BCUT2D eigenvalue weighted by atomic mass is 19.2. The molecular formula is C20H24F2N4O3. The van der Waals surface area contributed by atoms with Crippen LogP contribution in [0, 0.1) is 17.6 Å². The number of carbonyl (C=O) groups excluding carboxylic acids is 2. The van der Waals surface area contributed by atoms with E-state index in [1.54, 1.807) is 0 Å². The fraction of sp³-hybridized carbons (Fsp3) is 0.450. The summed E-state index contributed by atoms with van der Waals surface area (Å²) in [7, 11) is 1.25. The van der Waals surface area contributed by atoms with E-state index in [4.69, 9.17) is 4.74 Å². The predicted octanol–water partition coefficient (Wildman–Crippen LogP) is 2.93. The van der Waals surface area contributed by atoms with Crippen LogP contribution in [0.25, 0.3) is 0 Å². The van der Waals surface area contributed by atoms with Gasteiger partial charge < -0.3 is 19.9 Å². The Morgan fingerprint density at radius 3 is 2.83 bits per heavy atom. The summed E-state index contributed by atoms with van der Waals surface area (Å²) >= 11 is 0. The monoisotopic (exact) mass is 406 g/mol. The number of esters is 1. The molecule has 2 N–H and O–H groups in total. The third kappa shape index (κ3) is 4.23. The normalized spacial score (nSPS) is 17.0. The number of amides is 2. The largest absolute Gasteiger partial charge is 0.467 e. The van der Waals surface area contributed by atoms with Crippen molar-refractivity contribution in [3.8, 4) is 0 Å². The standard InChI is InChI=1S/C20H24F2N4O3/c1-11(2)9-15(19(27)29-3)25-20(28)26-8-7-14-17(24-10-23-14)18(26)12-5-4-6-13(21)16(12)22/h4-6,10-11,15,18H,7-9H2,1-3H3,(H,23,24)(H,25,28)/t15-,18-/m0/s1. The summed E-state index contributed by atoms with van der Waals surface area (Å²) in [4.78, 5) is 33.8. The number of carbonyl (C=O) groups is 2. The molecule has 2 heterocycles. The van der Waals surface area contributed by atoms with Crippen molar-refractivity contribution in [3.63, 3.8) is 0 Å². The predicted molar refractivity (Wildman–Crippen MR) is 101 cm³/mol. The molecule has 1 aliphatic heterocycles. The van der Waals surface area contributed by atoms with Gasteiger partial charge in [-0.3, -0.25) is 0 Å². The van der Waals surface area contributed by atoms with Gasteiger partial charge in [0.25, 0.3) is 0 Å². The number of fused-ring (bicyclic) bond motifs is 1. The Labute approximate surface area is 167 Å². The van der Waals surface area contributed by atoms with Crippen molar-refractivity contribution in [3.05, 3.63) is 53.1 Å². The lowest BCUT2D eigenvalue weighted by molar-refractivity contribution is -0.143. The Bertz CT molecular complexity index is 900. The molecule has 7 nitrogen and oxygen atoms in total. The number of hydrogen-bond acceptors (Lipinski definition) is 4. The van der Waals surface area contributed by atoms with Crippen LogP contribution < -0.4 is 5.32 Å². The molecule has 0 fully saturated rings. The van der Waals surface area contributed by atoms with Crippen molar-refractivity contribution in [2.24, 2.45) is 5.92 Å². The van der Waals surface area contributed by atoms with Crippen LogP contribution in [-0.4, -0.2) is 46.6 Å². The van der Waals surface area contributed by atoms with Gasteiger partial charge in [-0.1, -0.05) is 26.0 Å². The van der Waals surface area contributed by atoms with E-state index in [0.717, 1.165) is 11.8 Å². The number of nitrogens with zero attached hydrogens (tertiary/aromatic N) is 2. The van der Waals surface area contributed by atoms with Crippen LogP contribution >= 0.6 is 0 Å². The van der Waals surface area contributed by atoms with Gasteiger partial charge in [-0.2, -0.15) is 0 Å². The van der Waals surface area contributed by atoms with Gasteiger partial charge >= 0.3 is 12.0 Å². The van der Waals surface area contributed by atoms with E-state index in [-0.39, 0.29) is 18.0 Å². The number of halogens is 2. The minimum Gasteiger partial charge on any atom is -0.467 e. The molecule has 0 saturated heterocycles. The van der Waals surface area contributed by atoms with Crippen molar-refractivity contribution in [1.29, 1.82) is 0 Å². The Kier molecular flexibility index (Phi) is 6.14. The zero-order chi connectivity index (χ0) is 21.1. The molecule has 1 aromatic heterocycles. The highest BCUT2D eigenvalue weighted by Crippen LogP contribution is 2.35. The molecular weight excluding hydrogens is 382 g/mol. The van der Waals surface area contributed by atoms with E-state index in [9.17, 15) is 18.4 Å². The quantitative estimate of drug-likeness (QED) is 0.748. The Balaban J connectivity index is 1.95. The summed E-state index contributed by atoms with van der Waals surface area (Å²) in [5.41, 5.74) is 1.22. The maximum absolute atomic E-state index is 14.6. The van der Waals surface area contributed by atoms with E-state index in [1.165, 1.54) is 30.5 Å². The number of aromatic nitrogens is 2. The van der Waals surface area contributed by atoms with Crippen LogP contribution in [0.1, 0.15) is 43.3 Å². The first-order valence-corrected chi connectivity index (χ1v) is 9.44. The van der Waals surface area contributed by atoms with Gasteiger partial charge in [0.2, 0.25) is 0 Å². The number of aromatic amines is 1. The van der Waals surface area contributed by atoms with Gasteiger partial charge in [-0.25, -0.2) is 23.4 Å². The van der Waals surface area contributed by atoms with Gasteiger partial charge in [-0.15, -0.1) is 0 Å². The summed E-state index contributed by atoms with van der Waals surface area (Å²) in [5, 5.41) is 2.68.